The van der Waals surface area contributed by atoms with Gasteiger partial charge in [-0.3, -0.25) is 0 Å². The fourth-order valence-electron chi connectivity index (χ4n) is 10.8. The van der Waals surface area contributed by atoms with Gasteiger partial charge in [0.25, 0.3) is 0 Å². The number of rotatable bonds is 4. The van der Waals surface area contributed by atoms with Crippen LogP contribution in [-0.2, 0) is 5.41 Å². The molecule has 0 aliphatic heterocycles. The van der Waals surface area contributed by atoms with Crippen molar-refractivity contribution in [1.29, 1.82) is 0 Å². The van der Waals surface area contributed by atoms with Crippen molar-refractivity contribution in [1.82, 2.24) is 4.57 Å². The molecule has 2 nitrogen and oxygen atoms in total. The van der Waals surface area contributed by atoms with Crippen LogP contribution in [-0.4, -0.2) is 4.57 Å². The highest BCUT2D eigenvalue weighted by Gasteiger charge is 2.50. The van der Waals surface area contributed by atoms with Crippen LogP contribution in [0.25, 0.3) is 71.3 Å². The Bertz CT molecular complexity index is 3460. The molecule has 59 heavy (non-hydrogen) atoms. The summed E-state index contributed by atoms with van der Waals surface area (Å²) in [7, 11) is 0. The minimum absolute atomic E-state index is 0.501. The third kappa shape index (κ3) is 4.35. The predicted octanol–water partition coefficient (Wildman–Crippen LogP) is 14.9. The average molecular weight is 749 g/mol. The fourth-order valence-corrected chi connectivity index (χ4v) is 10.8. The van der Waals surface area contributed by atoms with Crippen molar-refractivity contribution in [2.75, 3.05) is 4.90 Å². The second-order valence-electron chi connectivity index (χ2n) is 16.0. The van der Waals surface area contributed by atoms with Crippen molar-refractivity contribution in [2.24, 2.45) is 0 Å². The summed E-state index contributed by atoms with van der Waals surface area (Å²) in [6, 6.07) is 81.2. The molecule has 0 bridgehead atoms. The Morgan fingerprint density at radius 3 is 1.71 bits per heavy atom. The third-order valence-corrected chi connectivity index (χ3v) is 13.2. The largest absolute Gasteiger partial charge is 0.310 e. The van der Waals surface area contributed by atoms with E-state index >= 15 is 0 Å². The van der Waals surface area contributed by atoms with E-state index in [1.807, 2.05) is 0 Å². The number of para-hydroxylation sites is 2. The molecule has 0 saturated heterocycles. The summed E-state index contributed by atoms with van der Waals surface area (Å²) in [5.74, 6) is 0. The van der Waals surface area contributed by atoms with Gasteiger partial charge in [0, 0.05) is 33.2 Å². The first kappa shape index (κ1) is 32.4. The molecule has 0 atom stereocenters. The Morgan fingerprint density at radius 1 is 0.322 bits per heavy atom. The van der Waals surface area contributed by atoms with Crippen LogP contribution in [0, 0.1) is 0 Å². The lowest BCUT2D eigenvalue weighted by molar-refractivity contribution is 0.773. The van der Waals surface area contributed by atoms with E-state index < -0.39 is 5.41 Å². The average Bonchev–Trinajstić information content (AvgIpc) is 3.79. The molecule has 10 aromatic carbocycles. The maximum atomic E-state index is 2.50. The summed E-state index contributed by atoms with van der Waals surface area (Å²) in [5, 5.41) is 7.56. The van der Waals surface area contributed by atoms with E-state index in [1.54, 1.807) is 0 Å². The summed E-state index contributed by atoms with van der Waals surface area (Å²) in [6.45, 7) is 0. The highest BCUT2D eigenvalue weighted by atomic mass is 15.1. The standard InChI is InChI=1S/C57H36N2/c1-2-19-39(20-3-1)58(41-32-34-47-46-24-8-11-29-54(46)59(55(47)36-41)53-30-14-16-37-15-4-5-21-42(37)53)40-31-33-45-48-25-12-17-38-18-13-28-51(56(38)48)57(52(45)35-40)49-26-9-6-22-43(49)44-23-7-10-27-50(44)57/h1-36H. The number of hydrogen-bond donors (Lipinski definition) is 0. The van der Waals surface area contributed by atoms with Crippen LogP contribution >= 0.6 is 0 Å². The first-order chi connectivity index (χ1) is 29.3. The van der Waals surface area contributed by atoms with Crippen LogP contribution < -0.4 is 4.90 Å². The number of anilines is 3. The van der Waals surface area contributed by atoms with Gasteiger partial charge < -0.3 is 9.47 Å². The summed E-state index contributed by atoms with van der Waals surface area (Å²) >= 11 is 0. The lowest BCUT2D eigenvalue weighted by atomic mass is 9.61. The van der Waals surface area contributed by atoms with Crippen molar-refractivity contribution in [3.63, 3.8) is 0 Å². The molecular formula is C57H36N2. The van der Waals surface area contributed by atoms with Gasteiger partial charge in [-0.05, 0) is 109 Å². The highest BCUT2D eigenvalue weighted by molar-refractivity contribution is 6.12. The summed E-state index contributed by atoms with van der Waals surface area (Å²) in [5.41, 5.74) is 16.9. The van der Waals surface area contributed by atoms with Crippen molar-refractivity contribution >= 4 is 60.4 Å². The molecule has 1 spiro atoms. The second kappa shape index (κ2) is 12.2. The minimum Gasteiger partial charge on any atom is -0.310 e. The Morgan fingerprint density at radius 2 is 0.881 bits per heavy atom. The molecule has 11 aromatic rings. The smallest absolute Gasteiger partial charge is 0.0726 e. The zero-order chi connectivity index (χ0) is 38.7. The topological polar surface area (TPSA) is 8.17 Å². The SMILES string of the molecule is c1ccc(N(c2ccc3c(c2)C2(c4ccccc4-c4ccccc42)c2cccc4cccc-3c24)c2ccc3c4ccccc4n(-c4cccc5ccccc45)c3c2)cc1. The van der Waals surface area contributed by atoms with Gasteiger partial charge in [0.2, 0.25) is 0 Å². The third-order valence-electron chi connectivity index (χ3n) is 13.2. The normalized spacial score (nSPS) is 13.2. The number of hydrogen-bond acceptors (Lipinski definition) is 1. The Kier molecular flexibility index (Phi) is 6.68. The van der Waals surface area contributed by atoms with Crippen molar-refractivity contribution < 1.29 is 0 Å². The van der Waals surface area contributed by atoms with Crippen LogP contribution in [0.15, 0.2) is 218 Å². The molecular weight excluding hydrogens is 713 g/mol. The molecule has 13 rings (SSSR count). The lowest BCUT2D eigenvalue weighted by Gasteiger charge is -2.40. The first-order valence-corrected chi connectivity index (χ1v) is 20.5. The number of fused-ring (bicyclic) bond motifs is 13. The molecule has 274 valence electrons. The van der Waals surface area contributed by atoms with E-state index in [1.165, 1.54) is 93.5 Å². The van der Waals surface area contributed by atoms with Crippen LogP contribution in [0.3, 0.4) is 0 Å². The van der Waals surface area contributed by atoms with Crippen LogP contribution in [0.5, 0.6) is 0 Å². The van der Waals surface area contributed by atoms with Crippen LogP contribution in [0.4, 0.5) is 17.1 Å². The molecule has 1 heterocycles. The van der Waals surface area contributed by atoms with Gasteiger partial charge in [-0.1, -0.05) is 170 Å². The zero-order valence-corrected chi connectivity index (χ0v) is 32.2. The molecule has 2 aliphatic rings. The molecule has 0 fully saturated rings. The molecule has 2 aliphatic carbocycles. The fraction of sp³-hybridized carbons (Fsp3) is 0.0175. The summed E-state index contributed by atoms with van der Waals surface area (Å²) in [6.07, 6.45) is 0. The Hall–Kier alpha value is -7.68. The monoisotopic (exact) mass is 748 g/mol. The summed E-state index contributed by atoms with van der Waals surface area (Å²) < 4.78 is 2.46. The van der Waals surface area contributed by atoms with E-state index in [0.717, 1.165) is 17.1 Å². The number of nitrogens with zero attached hydrogens (tertiary/aromatic N) is 2. The maximum absolute atomic E-state index is 2.50. The summed E-state index contributed by atoms with van der Waals surface area (Å²) in [4.78, 5) is 2.45. The van der Waals surface area contributed by atoms with E-state index in [9.17, 15) is 0 Å². The van der Waals surface area contributed by atoms with Crippen molar-refractivity contribution in [3.05, 3.63) is 241 Å². The molecule has 0 amide bonds. The van der Waals surface area contributed by atoms with Crippen molar-refractivity contribution in [2.45, 2.75) is 5.41 Å². The van der Waals surface area contributed by atoms with Gasteiger partial charge in [-0.2, -0.15) is 0 Å². The molecule has 1 aromatic heterocycles. The lowest BCUT2D eigenvalue weighted by Crippen LogP contribution is -2.32. The highest BCUT2D eigenvalue weighted by Crippen LogP contribution is 2.62. The van der Waals surface area contributed by atoms with Crippen molar-refractivity contribution in [3.8, 4) is 27.9 Å². The van der Waals surface area contributed by atoms with E-state index in [4.69, 9.17) is 0 Å². The Balaban J connectivity index is 1.11. The zero-order valence-electron chi connectivity index (χ0n) is 32.2. The first-order valence-electron chi connectivity index (χ1n) is 20.5. The van der Waals surface area contributed by atoms with Gasteiger partial charge in [0.05, 0.1) is 22.1 Å². The van der Waals surface area contributed by atoms with E-state index in [0.29, 0.717) is 0 Å². The number of benzene rings is 10. The molecule has 0 unspecified atom stereocenters. The van der Waals surface area contributed by atoms with Crippen LogP contribution in [0.1, 0.15) is 22.3 Å². The maximum Gasteiger partial charge on any atom is 0.0726 e. The van der Waals surface area contributed by atoms with E-state index in [-0.39, 0.29) is 0 Å². The van der Waals surface area contributed by atoms with Gasteiger partial charge in [0.1, 0.15) is 0 Å². The van der Waals surface area contributed by atoms with Gasteiger partial charge in [-0.25, -0.2) is 0 Å². The van der Waals surface area contributed by atoms with Crippen LogP contribution in [0.2, 0.25) is 0 Å². The van der Waals surface area contributed by atoms with Gasteiger partial charge in [0.15, 0.2) is 0 Å². The van der Waals surface area contributed by atoms with E-state index in [2.05, 4.69) is 228 Å². The van der Waals surface area contributed by atoms with Gasteiger partial charge >= 0.3 is 0 Å². The predicted molar refractivity (Wildman–Crippen MR) is 247 cm³/mol. The molecule has 0 saturated carbocycles. The molecule has 0 radical (unpaired) electrons. The number of aromatic nitrogens is 1. The quantitative estimate of drug-likeness (QED) is 0.174. The molecule has 2 heteroatoms. The Labute approximate surface area is 342 Å². The minimum atomic E-state index is -0.501. The van der Waals surface area contributed by atoms with Gasteiger partial charge in [-0.15, -0.1) is 0 Å². The molecule has 0 N–H and O–H groups in total. The second-order valence-corrected chi connectivity index (χ2v) is 16.0.